The van der Waals surface area contributed by atoms with Crippen molar-refractivity contribution in [2.75, 3.05) is 0 Å². The molecule has 16 heavy (non-hydrogen) atoms. The minimum atomic E-state index is -0.201. The highest BCUT2D eigenvalue weighted by Gasteiger charge is 2.26. The van der Waals surface area contributed by atoms with E-state index in [1.54, 1.807) is 12.1 Å². The Morgan fingerprint density at radius 2 is 2.19 bits per heavy atom. The van der Waals surface area contributed by atoms with E-state index in [1.807, 2.05) is 6.92 Å². The fourth-order valence-corrected chi connectivity index (χ4v) is 2.18. The number of nitrogens with one attached hydrogen (secondary N) is 1. The topological polar surface area (TPSA) is 21.3 Å². The van der Waals surface area contributed by atoms with E-state index < -0.39 is 0 Å². The Labute approximate surface area is 95.8 Å². The van der Waals surface area contributed by atoms with Crippen molar-refractivity contribution < 1.29 is 9.13 Å². The van der Waals surface area contributed by atoms with Gasteiger partial charge in [-0.25, -0.2) is 4.39 Å². The van der Waals surface area contributed by atoms with Crippen LogP contribution in [-0.4, -0.2) is 12.1 Å². The van der Waals surface area contributed by atoms with E-state index in [-0.39, 0.29) is 18.0 Å². The molecule has 0 radical (unpaired) electrons. The zero-order chi connectivity index (χ0) is 11.7. The highest BCUT2D eigenvalue weighted by Crippen LogP contribution is 2.35. The first-order valence-electron chi connectivity index (χ1n) is 5.78. The fourth-order valence-electron chi connectivity index (χ4n) is 2.18. The summed E-state index contributed by atoms with van der Waals surface area (Å²) in [4.78, 5) is 0. The molecule has 2 rings (SSSR count). The summed E-state index contributed by atoms with van der Waals surface area (Å²) in [6.07, 6.45) is 1.06. The molecule has 0 aromatic heterocycles. The van der Waals surface area contributed by atoms with Crippen LogP contribution in [0.3, 0.4) is 0 Å². The van der Waals surface area contributed by atoms with Gasteiger partial charge in [0.05, 0.1) is 6.10 Å². The molecular weight excluding hydrogens is 205 g/mol. The lowest BCUT2D eigenvalue weighted by Crippen LogP contribution is -2.35. The predicted octanol–water partition coefficient (Wildman–Crippen LogP) is 3.04. The molecule has 1 aliphatic heterocycles. The molecule has 0 saturated heterocycles. The number of ether oxygens (including phenoxy) is 1. The Morgan fingerprint density at radius 1 is 1.44 bits per heavy atom. The van der Waals surface area contributed by atoms with E-state index in [0.29, 0.717) is 6.04 Å². The minimum Gasteiger partial charge on any atom is -0.490 e. The lowest BCUT2D eigenvalue weighted by Gasteiger charge is -2.32. The molecule has 2 atom stereocenters. The molecule has 1 aliphatic rings. The van der Waals surface area contributed by atoms with Crippen LogP contribution in [0.15, 0.2) is 18.2 Å². The second kappa shape index (κ2) is 4.42. The summed E-state index contributed by atoms with van der Waals surface area (Å²) in [6.45, 7) is 6.24. The smallest absolute Gasteiger partial charge is 0.124 e. The largest absolute Gasteiger partial charge is 0.490 e. The number of hydrogen-bond acceptors (Lipinski definition) is 2. The average molecular weight is 223 g/mol. The maximum atomic E-state index is 13.2. The van der Waals surface area contributed by atoms with E-state index in [0.717, 1.165) is 17.7 Å². The molecule has 0 fully saturated rings. The van der Waals surface area contributed by atoms with E-state index in [4.69, 9.17) is 4.74 Å². The van der Waals surface area contributed by atoms with Crippen LogP contribution < -0.4 is 10.1 Å². The van der Waals surface area contributed by atoms with Gasteiger partial charge in [0.1, 0.15) is 11.6 Å². The van der Waals surface area contributed by atoms with Gasteiger partial charge in [-0.15, -0.1) is 0 Å². The SMILES string of the molecule is CC(C)NC1CC(C)Oc2ccc(F)cc21. The van der Waals surface area contributed by atoms with Crippen LogP contribution in [0.4, 0.5) is 4.39 Å². The van der Waals surface area contributed by atoms with Gasteiger partial charge < -0.3 is 10.1 Å². The van der Waals surface area contributed by atoms with Gasteiger partial charge in [0.25, 0.3) is 0 Å². The summed E-state index contributed by atoms with van der Waals surface area (Å²) >= 11 is 0. The molecule has 2 nitrogen and oxygen atoms in total. The van der Waals surface area contributed by atoms with Gasteiger partial charge in [-0.3, -0.25) is 0 Å². The van der Waals surface area contributed by atoms with Crippen molar-refractivity contribution in [2.24, 2.45) is 0 Å². The molecule has 0 saturated carbocycles. The molecule has 88 valence electrons. The van der Waals surface area contributed by atoms with Crippen LogP contribution in [-0.2, 0) is 0 Å². The summed E-state index contributed by atoms with van der Waals surface area (Å²) in [5, 5.41) is 3.45. The first kappa shape index (κ1) is 11.4. The lowest BCUT2D eigenvalue weighted by molar-refractivity contribution is 0.163. The Balaban J connectivity index is 2.31. The molecule has 0 amide bonds. The third-order valence-electron chi connectivity index (χ3n) is 2.78. The van der Waals surface area contributed by atoms with Gasteiger partial charge in [-0.1, -0.05) is 13.8 Å². The Morgan fingerprint density at radius 3 is 2.88 bits per heavy atom. The van der Waals surface area contributed by atoms with Gasteiger partial charge in [0, 0.05) is 24.1 Å². The average Bonchev–Trinajstić information content (AvgIpc) is 2.18. The molecular formula is C13H18FNO. The quantitative estimate of drug-likeness (QED) is 0.832. The van der Waals surface area contributed by atoms with Gasteiger partial charge >= 0.3 is 0 Å². The number of rotatable bonds is 2. The van der Waals surface area contributed by atoms with Crippen LogP contribution in [0.5, 0.6) is 5.75 Å². The Hall–Kier alpha value is -1.09. The molecule has 2 unspecified atom stereocenters. The number of fused-ring (bicyclic) bond motifs is 1. The number of halogens is 1. The zero-order valence-electron chi connectivity index (χ0n) is 9.96. The van der Waals surface area contributed by atoms with Gasteiger partial charge in [-0.2, -0.15) is 0 Å². The second-order valence-electron chi connectivity index (χ2n) is 4.72. The van der Waals surface area contributed by atoms with E-state index >= 15 is 0 Å². The summed E-state index contributed by atoms with van der Waals surface area (Å²) in [5.41, 5.74) is 0.937. The molecule has 1 heterocycles. The van der Waals surface area contributed by atoms with Gasteiger partial charge in [0.2, 0.25) is 0 Å². The van der Waals surface area contributed by atoms with Gasteiger partial charge in [0.15, 0.2) is 0 Å². The third kappa shape index (κ3) is 2.35. The molecule has 3 heteroatoms. The minimum absolute atomic E-state index is 0.175. The van der Waals surface area contributed by atoms with Crippen molar-refractivity contribution in [1.29, 1.82) is 0 Å². The van der Waals surface area contributed by atoms with Crippen molar-refractivity contribution >= 4 is 0 Å². The lowest BCUT2D eigenvalue weighted by atomic mass is 9.96. The number of hydrogen-bond donors (Lipinski definition) is 1. The highest BCUT2D eigenvalue weighted by atomic mass is 19.1. The van der Waals surface area contributed by atoms with Crippen LogP contribution in [0.25, 0.3) is 0 Å². The monoisotopic (exact) mass is 223 g/mol. The summed E-state index contributed by atoms with van der Waals surface area (Å²) < 4.78 is 18.9. The van der Waals surface area contributed by atoms with Gasteiger partial charge in [-0.05, 0) is 25.1 Å². The summed E-state index contributed by atoms with van der Waals surface area (Å²) in [7, 11) is 0. The maximum absolute atomic E-state index is 13.2. The van der Waals surface area contributed by atoms with Crippen molar-refractivity contribution in [3.05, 3.63) is 29.6 Å². The highest BCUT2D eigenvalue weighted by molar-refractivity contribution is 5.38. The Bertz CT molecular complexity index is 378. The predicted molar refractivity (Wildman–Crippen MR) is 62.1 cm³/mol. The molecule has 1 aromatic rings. The molecule has 0 spiro atoms. The van der Waals surface area contributed by atoms with Crippen LogP contribution >= 0.6 is 0 Å². The first-order chi connectivity index (χ1) is 7.56. The van der Waals surface area contributed by atoms with E-state index in [1.165, 1.54) is 6.07 Å². The maximum Gasteiger partial charge on any atom is 0.124 e. The van der Waals surface area contributed by atoms with E-state index in [2.05, 4.69) is 19.2 Å². The van der Waals surface area contributed by atoms with Crippen LogP contribution in [0.2, 0.25) is 0 Å². The number of benzene rings is 1. The van der Waals surface area contributed by atoms with Crippen molar-refractivity contribution in [1.82, 2.24) is 5.32 Å². The molecule has 1 N–H and O–H groups in total. The standard InChI is InChI=1S/C13H18FNO/c1-8(2)15-12-6-9(3)16-13-5-4-10(14)7-11(12)13/h4-5,7-9,12,15H,6H2,1-3H3. The molecule has 0 aliphatic carbocycles. The van der Waals surface area contributed by atoms with Crippen molar-refractivity contribution in [3.8, 4) is 5.75 Å². The van der Waals surface area contributed by atoms with Crippen molar-refractivity contribution in [2.45, 2.75) is 45.4 Å². The Kier molecular flexibility index (Phi) is 3.15. The van der Waals surface area contributed by atoms with Crippen LogP contribution in [0, 0.1) is 5.82 Å². The second-order valence-corrected chi connectivity index (χ2v) is 4.72. The van der Waals surface area contributed by atoms with E-state index in [9.17, 15) is 4.39 Å². The summed E-state index contributed by atoms with van der Waals surface area (Å²) in [5.74, 6) is 0.603. The zero-order valence-corrected chi connectivity index (χ0v) is 9.96. The van der Waals surface area contributed by atoms with Crippen molar-refractivity contribution in [3.63, 3.8) is 0 Å². The fraction of sp³-hybridized carbons (Fsp3) is 0.538. The first-order valence-corrected chi connectivity index (χ1v) is 5.78. The third-order valence-corrected chi connectivity index (χ3v) is 2.78. The normalized spacial score (nSPS) is 24.1. The summed E-state index contributed by atoms with van der Waals surface area (Å²) in [6, 6.07) is 5.31. The molecule has 0 bridgehead atoms. The molecule has 1 aromatic carbocycles. The van der Waals surface area contributed by atoms with Crippen LogP contribution in [0.1, 0.15) is 38.8 Å².